The van der Waals surface area contributed by atoms with Crippen LogP contribution in [0.1, 0.15) is 18.9 Å². The minimum absolute atomic E-state index is 0.124. The summed E-state index contributed by atoms with van der Waals surface area (Å²) in [6, 6.07) is 2.73. The number of nitrogens with one attached hydrogen (secondary N) is 2. The minimum Gasteiger partial charge on any atom is -0.376 e. The summed E-state index contributed by atoms with van der Waals surface area (Å²) in [5.41, 5.74) is -0.169. The van der Waals surface area contributed by atoms with Gasteiger partial charge >= 0.3 is 12.2 Å². The fourth-order valence-electron chi connectivity index (χ4n) is 1.61. The van der Waals surface area contributed by atoms with Crippen LogP contribution in [0.3, 0.4) is 0 Å². The van der Waals surface area contributed by atoms with Gasteiger partial charge in [0.05, 0.1) is 16.9 Å². The molecule has 0 radical (unpaired) electrons. The number of hydrogen-bond donors (Lipinski definition) is 2. The summed E-state index contributed by atoms with van der Waals surface area (Å²) >= 11 is 0. The number of anilines is 2. The van der Waals surface area contributed by atoms with Gasteiger partial charge in [-0.3, -0.25) is 0 Å². The van der Waals surface area contributed by atoms with Crippen molar-refractivity contribution >= 4 is 17.4 Å². The minimum atomic E-state index is -4.44. The Morgan fingerprint density at radius 1 is 1.30 bits per heavy atom. The summed E-state index contributed by atoms with van der Waals surface area (Å²) in [5.74, 6) is 0. The molecule has 0 bridgehead atoms. The van der Waals surface area contributed by atoms with Crippen LogP contribution in [-0.4, -0.2) is 26.7 Å². The first-order chi connectivity index (χ1) is 9.25. The fraction of sp³-hybridized carbons (Fsp3) is 0.462. The third kappa shape index (κ3) is 4.32. The van der Waals surface area contributed by atoms with Crippen LogP contribution in [0.4, 0.5) is 29.3 Å². The first-order valence-corrected chi connectivity index (χ1v) is 6.19. The zero-order valence-corrected chi connectivity index (χ0v) is 11.6. The van der Waals surface area contributed by atoms with Crippen LogP contribution in [0.15, 0.2) is 18.2 Å². The van der Waals surface area contributed by atoms with E-state index in [1.165, 1.54) is 6.07 Å². The number of hydrogen-bond acceptors (Lipinski definition) is 2. The van der Waals surface area contributed by atoms with Crippen LogP contribution in [-0.2, 0) is 6.18 Å². The van der Waals surface area contributed by atoms with E-state index in [4.69, 9.17) is 0 Å². The molecule has 0 spiro atoms. The zero-order valence-electron chi connectivity index (χ0n) is 11.6. The van der Waals surface area contributed by atoms with Gasteiger partial charge < -0.3 is 15.5 Å². The molecule has 4 nitrogen and oxygen atoms in total. The van der Waals surface area contributed by atoms with Crippen molar-refractivity contribution < 1.29 is 18.0 Å². The molecule has 0 aliphatic heterocycles. The molecule has 2 N–H and O–H groups in total. The molecule has 0 aromatic heterocycles. The second-order valence-corrected chi connectivity index (χ2v) is 4.51. The maximum absolute atomic E-state index is 12.7. The van der Waals surface area contributed by atoms with Crippen LogP contribution in [0.25, 0.3) is 0 Å². The summed E-state index contributed by atoms with van der Waals surface area (Å²) in [6.45, 7) is 2.35. The molecule has 0 fully saturated rings. The molecule has 112 valence electrons. The van der Waals surface area contributed by atoms with Crippen LogP contribution < -0.4 is 15.5 Å². The quantitative estimate of drug-likeness (QED) is 0.893. The van der Waals surface area contributed by atoms with Gasteiger partial charge in [0.15, 0.2) is 0 Å². The number of alkyl halides is 3. The highest BCUT2D eigenvalue weighted by atomic mass is 19.4. The highest BCUT2D eigenvalue weighted by molar-refractivity contribution is 5.93. The summed E-state index contributed by atoms with van der Waals surface area (Å²) < 4.78 is 38.1. The predicted octanol–water partition coefficient (Wildman–Crippen LogP) is 3.30. The molecule has 0 saturated carbocycles. The number of carbonyl (C=O) groups is 1. The van der Waals surface area contributed by atoms with Crippen LogP contribution >= 0.6 is 0 Å². The van der Waals surface area contributed by atoms with Gasteiger partial charge in [-0.2, -0.15) is 13.2 Å². The van der Waals surface area contributed by atoms with Crippen LogP contribution in [0, 0.1) is 0 Å². The molecule has 0 atom stereocenters. The van der Waals surface area contributed by atoms with E-state index >= 15 is 0 Å². The molecule has 2 amide bonds. The second-order valence-electron chi connectivity index (χ2n) is 4.51. The van der Waals surface area contributed by atoms with Crippen molar-refractivity contribution in [2.24, 2.45) is 0 Å². The number of amides is 2. The molecule has 1 aromatic rings. The molecule has 20 heavy (non-hydrogen) atoms. The Morgan fingerprint density at radius 2 is 1.95 bits per heavy atom. The van der Waals surface area contributed by atoms with E-state index in [0.717, 1.165) is 18.6 Å². The highest BCUT2D eigenvalue weighted by Gasteiger charge is 2.31. The van der Waals surface area contributed by atoms with E-state index in [9.17, 15) is 18.0 Å². The molecule has 0 heterocycles. The lowest BCUT2D eigenvalue weighted by Gasteiger charge is -2.20. The van der Waals surface area contributed by atoms with Gasteiger partial charge in [-0.25, -0.2) is 4.79 Å². The first kappa shape index (κ1) is 16.1. The van der Waals surface area contributed by atoms with Crippen molar-refractivity contribution in [3.8, 4) is 0 Å². The van der Waals surface area contributed by atoms with Crippen molar-refractivity contribution in [1.82, 2.24) is 5.32 Å². The molecule has 0 aliphatic carbocycles. The lowest BCUT2D eigenvalue weighted by Crippen LogP contribution is -2.30. The van der Waals surface area contributed by atoms with Gasteiger partial charge in [0.2, 0.25) is 0 Å². The summed E-state index contributed by atoms with van der Waals surface area (Å²) in [6.07, 6.45) is -3.70. The van der Waals surface area contributed by atoms with Crippen molar-refractivity contribution in [2.75, 3.05) is 30.9 Å². The van der Waals surface area contributed by atoms with Crippen molar-refractivity contribution in [2.45, 2.75) is 19.5 Å². The lowest BCUT2D eigenvalue weighted by atomic mass is 10.1. The SMILES string of the molecule is CCCNC(=O)Nc1cc(C(F)(F)F)ccc1N(C)C. The predicted molar refractivity (Wildman–Crippen MR) is 73.1 cm³/mol. The molecular weight excluding hydrogens is 271 g/mol. The zero-order chi connectivity index (χ0) is 15.3. The van der Waals surface area contributed by atoms with Crippen LogP contribution in [0.5, 0.6) is 0 Å². The Labute approximate surface area is 116 Å². The molecule has 7 heteroatoms. The van der Waals surface area contributed by atoms with E-state index in [1.807, 2.05) is 6.92 Å². The highest BCUT2D eigenvalue weighted by Crippen LogP contribution is 2.34. The van der Waals surface area contributed by atoms with Gasteiger partial charge in [-0.05, 0) is 24.6 Å². The molecule has 1 aromatic carbocycles. The number of halogens is 3. The van der Waals surface area contributed by atoms with E-state index in [0.29, 0.717) is 12.2 Å². The summed E-state index contributed by atoms with van der Waals surface area (Å²) in [5, 5.41) is 5.00. The van der Waals surface area contributed by atoms with Gasteiger partial charge in [0.1, 0.15) is 0 Å². The van der Waals surface area contributed by atoms with Gasteiger partial charge in [-0.15, -0.1) is 0 Å². The van der Waals surface area contributed by atoms with Gasteiger partial charge in [0, 0.05) is 20.6 Å². The lowest BCUT2D eigenvalue weighted by molar-refractivity contribution is -0.137. The summed E-state index contributed by atoms with van der Waals surface area (Å²) in [7, 11) is 3.38. The number of rotatable bonds is 4. The molecule has 1 rings (SSSR count). The van der Waals surface area contributed by atoms with Crippen molar-refractivity contribution in [3.63, 3.8) is 0 Å². The van der Waals surface area contributed by atoms with E-state index < -0.39 is 17.8 Å². The first-order valence-electron chi connectivity index (χ1n) is 6.19. The topological polar surface area (TPSA) is 44.4 Å². The average molecular weight is 289 g/mol. The van der Waals surface area contributed by atoms with Gasteiger partial charge in [0.25, 0.3) is 0 Å². The largest absolute Gasteiger partial charge is 0.416 e. The fourth-order valence-corrected chi connectivity index (χ4v) is 1.61. The number of benzene rings is 1. The van der Waals surface area contributed by atoms with E-state index in [1.54, 1.807) is 19.0 Å². The number of nitrogens with zero attached hydrogens (tertiary/aromatic N) is 1. The van der Waals surface area contributed by atoms with Crippen LogP contribution in [0.2, 0.25) is 0 Å². The van der Waals surface area contributed by atoms with E-state index in [-0.39, 0.29) is 5.69 Å². The second kappa shape index (κ2) is 6.49. The Hall–Kier alpha value is -1.92. The number of carbonyl (C=O) groups excluding carboxylic acids is 1. The summed E-state index contributed by atoms with van der Waals surface area (Å²) in [4.78, 5) is 13.2. The smallest absolute Gasteiger partial charge is 0.376 e. The average Bonchev–Trinajstić information content (AvgIpc) is 2.34. The molecular formula is C13H18F3N3O. The Morgan fingerprint density at radius 3 is 2.45 bits per heavy atom. The van der Waals surface area contributed by atoms with Gasteiger partial charge in [-0.1, -0.05) is 6.92 Å². The van der Waals surface area contributed by atoms with E-state index in [2.05, 4.69) is 10.6 Å². The number of urea groups is 1. The Kier molecular flexibility index (Phi) is 5.24. The maximum atomic E-state index is 12.7. The Balaban J connectivity index is 3.03. The maximum Gasteiger partial charge on any atom is 0.416 e. The molecule has 0 saturated heterocycles. The van der Waals surface area contributed by atoms with Crippen molar-refractivity contribution in [3.05, 3.63) is 23.8 Å². The monoisotopic (exact) mass is 289 g/mol. The molecule has 0 unspecified atom stereocenters. The normalized spacial score (nSPS) is 11.1. The Bertz CT molecular complexity index is 472. The third-order valence-corrected chi connectivity index (χ3v) is 2.59. The van der Waals surface area contributed by atoms with Crippen molar-refractivity contribution in [1.29, 1.82) is 0 Å². The standard InChI is InChI=1S/C13H18F3N3O/c1-4-7-17-12(20)18-10-8-9(13(14,15)16)5-6-11(10)19(2)3/h5-6,8H,4,7H2,1-3H3,(H2,17,18,20). The molecule has 0 aliphatic rings. The third-order valence-electron chi connectivity index (χ3n) is 2.59.